The first-order chi connectivity index (χ1) is 12.9. The smallest absolute Gasteiger partial charge is 0.355 e. The van der Waals surface area contributed by atoms with Crippen molar-refractivity contribution in [1.29, 1.82) is 0 Å². The van der Waals surface area contributed by atoms with Gasteiger partial charge in [-0.1, -0.05) is 6.08 Å². The van der Waals surface area contributed by atoms with Crippen molar-refractivity contribution in [3.05, 3.63) is 34.3 Å². The van der Waals surface area contributed by atoms with E-state index in [1.165, 1.54) is 0 Å². The minimum absolute atomic E-state index is 0.232. The van der Waals surface area contributed by atoms with Gasteiger partial charge < -0.3 is 19.4 Å². The number of rotatable bonds is 7. The number of hydrogen-bond donors (Lipinski definition) is 1. The van der Waals surface area contributed by atoms with Gasteiger partial charge >= 0.3 is 11.9 Å². The van der Waals surface area contributed by atoms with Crippen LogP contribution in [0.25, 0.3) is 0 Å². The molecule has 7 heteroatoms. The molecule has 0 radical (unpaired) electrons. The topological polar surface area (TPSA) is 88.7 Å². The van der Waals surface area contributed by atoms with Gasteiger partial charge in [-0.15, -0.1) is 0 Å². The van der Waals surface area contributed by atoms with E-state index in [1.807, 2.05) is 6.92 Å². The van der Waals surface area contributed by atoms with Crippen molar-refractivity contribution in [2.75, 3.05) is 19.8 Å². The summed E-state index contributed by atoms with van der Waals surface area (Å²) in [6, 6.07) is 0. The van der Waals surface area contributed by atoms with Crippen molar-refractivity contribution >= 4 is 17.8 Å². The molecule has 0 saturated heterocycles. The Kier molecular flexibility index (Phi) is 7.21. The molecule has 0 aromatic carbocycles. The van der Waals surface area contributed by atoms with Gasteiger partial charge in [-0.05, 0) is 58.9 Å². The highest BCUT2D eigenvalue weighted by Crippen LogP contribution is 2.22. The highest BCUT2D eigenvalue weighted by atomic mass is 16.5. The molecule has 1 aromatic rings. The van der Waals surface area contributed by atoms with Crippen LogP contribution >= 0.6 is 0 Å². The van der Waals surface area contributed by atoms with Gasteiger partial charge in [-0.25, -0.2) is 9.59 Å². The second-order valence-corrected chi connectivity index (χ2v) is 6.50. The zero-order valence-corrected chi connectivity index (χ0v) is 16.5. The molecule has 0 spiro atoms. The van der Waals surface area contributed by atoms with Gasteiger partial charge in [-0.3, -0.25) is 4.79 Å². The third kappa shape index (κ3) is 4.78. The van der Waals surface area contributed by atoms with Crippen LogP contribution in [-0.2, 0) is 14.3 Å². The summed E-state index contributed by atoms with van der Waals surface area (Å²) in [4.78, 5) is 41.5. The largest absolute Gasteiger partial charge is 0.461 e. The number of aryl methyl sites for hydroxylation is 1. The monoisotopic (exact) mass is 376 g/mol. The highest BCUT2D eigenvalue weighted by molar-refractivity contribution is 5.99. The Hall–Kier alpha value is -2.57. The second kappa shape index (κ2) is 9.39. The number of aromatic amines is 1. The molecule has 2 rings (SSSR count). The van der Waals surface area contributed by atoms with Crippen LogP contribution in [0, 0.1) is 13.8 Å². The third-order valence-corrected chi connectivity index (χ3v) is 4.68. The van der Waals surface area contributed by atoms with E-state index in [9.17, 15) is 14.4 Å². The van der Waals surface area contributed by atoms with E-state index >= 15 is 0 Å². The Morgan fingerprint density at radius 2 is 1.85 bits per heavy atom. The van der Waals surface area contributed by atoms with Gasteiger partial charge in [0, 0.05) is 17.9 Å². The quantitative estimate of drug-likeness (QED) is 0.738. The minimum atomic E-state index is -0.626. The van der Waals surface area contributed by atoms with Crippen LogP contribution in [0.1, 0.15) is 71.6 Å². The van der Waals surface area contributed by atoms with E-state index in [1.54, 1.807) is 25.7 Å². The van der Waals surface area contributed by atoms with Crippen LogP contribution in [0.15, 0.2) is 11.8 Å². The zero-order valence-electron chi connectivity index (χ0n) is 16.5. The van der Waals surface area contributed by atoms with Crippen molar-refractivity contribution in [2.24, 2.45) is 0 Å². The fourth-order valence-corrected chi connectivity index (χ4v) is 3.35. The van der Waals surface area contributed by atoms with E-state index in [2.05, 4.69) is 11.1 Å². The molecular formula is C20H28N2O5. The standard InChI is InChI=1S/C20H28N2O5/c1-5-22(15-10-8-7-9-11-15)16(23)12-27-19(24)17-13(3)18(21-14(17)4)20(25)26-6-2/h10,21H,5-9,11-12H2,1-4H3. The van der Waals surface area contributed by atoms with Crippen LogP contribution in [0.4, 0.5) is 0 Å². The minimum Gasteiger partial charge on any atom is -0.461 e. The molecule has 0 saturated carbocycles. The molecule has 1 amide bonds. The lowest BCUT2D eigenvalue weighted by Gasteiger charge is -2.26. The van der Waals surface area contributed by atoms with Gasteiger partial charge in [0.25, 0.3) is 5.91 Å². The number of nitrogens with one attached hydrogen (secondary N) is 1. The van der Waals surface area contributed by atoms with E-state index in [4.69, 9.17) is 9.47 Å². The van der Waals surface area contributed by atoms with Crippen LogP contribution in [0.2, 0.25) is 0 Å². The SMILES string of the molecule is CCOC(=O)c1[nH]c(C)c(C(=O)OCC(=O)N(CC)C2=CCCCC2)c1C. The molecule has 1 aromatic heterocycles. The van der Waals surface area contributed by atoms with E-state index in [0.717, 1.165) is 31.4 Å². The number of hydrogen-bond acceptors (Lipinski definition) is 5. The molecule has 7 nitrogen and oxygen atoms in total. The summed E-state index contributed by atoms with van der Waals surface area (Å²) in [7, 11) is 0. The van der Waals surface area contributed by atoms with Gasteiger partial charge in [0.2, 0.25) is 0 Å². The van der Waals surface area contributed by atoms with Gasteiger partial charge in [-0.2, -0.15) is 0 Å². The van der Waals surface area contributed by atoms with Crippen LogP contribution in [0.5, 0.6) is 0 Å². The molecule has 0 atom stereocenters. The number of amides is 1. The number of likely N-dealkylation sites (N-methyl/N-ethyl adjacent to an activating group) is 1. The normalized spacial score (nSPS) is 13.7. The lowest BCUT2D eigenvalue weighted by molar-refractivity contribution is -0.132. The summed E-state index contributed by atoms with van der Waals surface area (Å²) < 4.78 is 10.2. The maximum Gasteiger partial charge on any atom is 0.355 e. The number of esters is 2. The fourth-order valence-electron chi connectivity index (χ4n) is 3.35. The summed E-state index contributed by atoms with van der Waals surface area (Å²) >= 11 is 0. The first-order valence-corrected chi connectivity index (χ1v) is 9.43. The maximum absolute atomic E-state index is 12.5. The molecule has 1 heterocycles. The molecule has 148 valence electrons. The van der Waals surface area contributed by atoms with E-state index in [-0.39, 0.29) is 30.4 Å². The van der Waals surface area contributed by atoms with Crippen molar-refractivity contribution in [3.8, 4) is 0 Å². The van der Waals surface area contributed by atoms with Gasteiger partial charge in [0.1, 0.15) is 5.69 Å². The highest BCUT2D eigenvalue weighted by Gasteiger charge is 2.25. The van der Waals surface area contributed by atoms with Crippen molar-refractivity contribution in [2.45, 2.75) is 53.4 Å². The Morgan fingerprint density at radius 3 is 2.44 bits per heavy atom. The van der Waals surface area contributed by atoms with E-state index in [0.29, 0.717) is 17.8 Å². The predicted octanol–water partition coefficient (Wildman–Crippen LogP) is 3.27. The number of H-pyrrole nitrogens is 1. The molecule has 1 aliphatic carbocycles. The summed E-state index contributed by atoms with van der Waals surface area (Å²) in [5.41, 5.74) is 2.48. The molecule has 1 N–H and O–H groups in total. The Morgan fingerprint density at radius 1 is 1.11 bits per heavy atom. The summed E-state index contributed by atoms with van der Waals surface area (Å²) in [5, 5.41) is 0. The lowest BCUT2D eigenvalue weighted by Crippen LogP contribution is -2.34. The first-order valence-electron chi connectivity index (χ1n) is 9.43. The second-order valence-electron chi connectivity index (χ2n) is 6.50. The maximum atomic E-state index is 12.5. The van der Waals surface area contributed by atoms with Gasteiger partial charge in [0.05, 0.1) is 12.2 Å². The average Bonchev–Trinajstić information content (AvgIpc) is 2.96. The number of ether oxygens (including phenoxy) is 2. The summed E-state index contributed by atoms with van der Waals surface area (Å²) in [6.07, 6.45) is 6.12. The van der Waals surface area contributed by atoms with Crippen molar-refractivity contribution in [3.63, 3.8) is 0 Å². The predicted molar refractivity (Wildman–Crippen MR) is 100 cm³/mol. The molecule has 0 unspecified atom stereocenters. The number of carbonyl (C=O) groups is 3. The Labute approximate surface area is 159 Å². The molecule has 0 aliphatic heterocycles. The molecule has 1 aliphatic rings. The lowest BCUT2D eigenvalue weighted by atomic mass is 10.0. The summed E-state index contributed by atoms with van der Waals surface area (Å²) in [6.45, 7) is 7.40. The number of allylic oxidation sites excluding steroid dienone is 2. The Bertz CT molecular complexity index is 748. The molecule has 27 heavy (non-hydrogen) atoms. The number of nitrogens with zero attached hydrogens (tertiary/aromatic N) is 1. The fraction of sp³-hybridized carbons (Fsp3) is 0.550. The zero-order chi connectivity index (χ0) is 20.0. The van der Waals surface area contributed by atoms with E-state index < -0.39 is 11.9 Å². The third-order valence-electron chi connectivity index (χ3n) is 4.68. The van der Waals surface area contributed by atoms with Gasteiger partial charge in [0.15, 0.2) is 6.61 Å². The van der Waals surface area contributed by atoms with Crippen LogP contribution in [-0.4, -0.2) is 47.5 Å². The summed E-state index contributed by atoms with van der Waals surface area (Å²) in [5.74, 6) is -1.39. The first kappa shape index (κ1) is 20.7. The number of carbonyl (C=O) groups excluding carboxylic acids is 3. The molecule has 0 fully saturated rings. The molecule has 0 bridgehead atoms. The van der Waals surface area contributed by atoms with Crippen molar-refractivity contribution < 1.29 is 23.9 Å². The average molecular weight is 376 g/mol. The Balaban J connectivity index is 2.06. The number of aromatic nitrogens is 1. The molecular weight excluding hydrogens is 348 g/mol. The van der Waals surface area contributed by atoms with Crippen LogP contribution < -0.4 is 0 Å². The van der Waals surface area contributed by atoms with Crippen LogP contribution in [0.3, 0.4) is 0 Å². The van der Waals surface area contributed by atoms with Crippen molar-refractivity contribution in [1.82, 2.24) is 9.88 Å².